The molecule has 1 radical (unpaired) electrons. The third-order valence-corrected chi connectivity index (χ3v) is 2.46. The number of rotatable bonds is 0. The van der Waals surface area contributed by atoms with Gasteiger partial charge in [0.25, 0.3) is 0 Å². The fourth-order valence-electron chi connectivity index (χ4n) is 1.86. The van der Waals surface area contributed by atoms with Crippen LogP contribution >= 0.6 is 0 Å². The van der Waals surface area contributed by atoms with E-state index in [1.807, 2.05) is 6.07 Å². The first kappa shape index (κ1) is 6.84. The van der Waals surface area contributed by atoms with Crippen LogP contribution < -0.4 is 0 Å². The molecule has 0 saturated heterocycles. The van der Waals surface area contributed by atoms with Crippen LogP contribution in [-0.2, 0) is 6.42 Å². The van der Waals surface area contributed by atoms with E-state index in [-0.39, 0.29) is 0 Å². The third-order valence-electron chi connectivity index (χ3n) is 2.46. The molecule has 1 aliphatic carbocycles. The largest absolute Gasteiger partial charge is 0.256 e. The Morgan fingerprint density at radius 1 is 1.23 bits per heavy atom. The van der Waals surface area contributed by atoms with E-state index < -0.39 is 0 Å². The lowest BCUT2D eigenvalue weighted by molar-refractivity contribution is 1.22. The molecule has 0 amide bonds. The Morgan fingerprint density at radius 3 is 3.15 bits per heavy atom. The van der Waals surface area contributed by atoms with Gasteiger partial charge in [-0.05, 0) is 23.3 Å². The average molecular weight is 166 g/mol. The SMILES string of the molecule is [c]1ccnc2c1Cc1ccccc1-2. The van der Waals surface area contributed by atoms with Gasteiger partial charge in [-0.1, -0.05) is 24.3 Å². The molecule has 13 heavy (non-hydrogen) atoms. The highest BCUT2D eigenvalue weighted by atomic mass is 14.7. The molecule has 0 unspecified atom stereocenters. The quantitative estimate of drug-likeness (QED) is 0.500. The fraction of sp³-hybridized carbons (Fsp3) is 0.0833. The molecule has 0 aliphatic heterocycles. The highest BCUT2D eigenvalue weighted by Crippen LogP contribution is 2.33. The van der Waals surface area contributed by atoms with Crippen LogP contribution in [0.3, 0.4) is 0 Å². The lowest BCUT2D eigenvalue weighted by Gasteiger charge is -1.96. The second kappa shape index (κ2) is 2.43. The third kappa shape index (κ3) is 0.903. The predicted molar refractivity (Wildman–Crippen MR) is 51.3 cm³/mol. The van der Waals surface area contributed by atoms with Gasteiger partial charge in [-0.3, -0.25) is 4.98 Å². The standard InChI is InChI=1S/C12H8N/c1-2-6-11-9(4-1)8-10-5-3-7-13-12(10)11/h1-4,6-7H,8H2. The summed E-state index contributed by atoms with van der Waals surface area (Å²) < 4.78 is 0. The molecule has 0 fully saturated rings. The minimum atomic E-state index is 0.985. The van der Waals surface area contributed by atoms with Gasteiger partial charge in [-0.2, -0.15) is 0 Å². The van der Waals surface area contributed by atoms with E-state index in [0.29, 0.717) is 0 Å². The number of fused-ring (bicyclic) bond motifs is 3. The Morgan fingerprint density at radius 2 is 2.15 bits per heavy atom. The Balaban J connectivity index is 2.32. The van der Waals surface area contributed by atoms with Crippen molar-refractivity contribution < 1.29 is 0 Å². The zero-order valence-electron chi connectivity index (χ0n) is 7.12. The number of benzene rings is 1. The summed E-state index contributed by atoms with van der Waals surface area (Å²) in [6.07, 6.45) is 2.79. The molecule has 1 aliphatic rings. The summed E-state index contributed by atoms with van der Waals surface area (Å²) in [6.45, 7) is 0. The van der Waals surface area contributed by atoms with Crippen molar-refractivity contribution in [2.75, 3.05) is 0 Å². The lowest BCUT2D eigenvalue weighted by atomic mass is 10.1. The van der Waals surface area contributed by atoms with Crippen molar-refractivity contribution in [3.8, 4) is 11.3 Å². The summed E-state index contributed by atoms with van der Waals surface area (Å²) >= 11 is 0. The van der Waals surface area contributed by atoms with Crippen molar-refractivity contribution in [3.63, 3.8) is 0 Å². The van der Waals surface area contributed by atoms with Gasteiger partial charge in [0.2, 0.25) is 0 Å². The summed E-state index contributed by atoms with van der Waals surface area (Å²) in [7, 11) is 0. The zero-order chi connectivity index (χ0) is 8.67. The molecule has 61 valence electrons. The Bertz CT molecular complexity index is 417. The summed E-state index contributed by atoms with van der Waals surface area (Å²) in [5.74, 6) is 0. The molecule has 0 N–H and O–H groups in total. The topological polar surface area (TPSA) is 12.9 Å². The lowest BCUT2D eigenvalue weighted by Crippen LogP contribution is -1.81. The van der Waals surface area contributed by atoms with E-state index in [1.54, 1.807) is 6.20 Å². The van der Waals surface area contributed by atoms with Gasteiger partial charge < -0.3 is 0 Å². The van der Waals surface area contributed by atoms with Gasteiger partial charge in [0.15, 0.2) is 0 Å². The van der Waals surface area contributed by atoms with Crippen LogP contribution in [0.4, 0.5) is 0 Å². The molecule has 0 bridgehead atoms. The molecule has 0 atom stereocenters. The minimum Gasteiger partial charge on any atom is -0.256 e. The van der Waals surface area contributed by atoms with Crippen molar-refractivity contribution >= 4 is 0 Å². The van der Waals surface area contributed by atoms with Crippen LogP contribution in [0.1, 0.15) is 11.1 Å². The second-order valence-corrected chi connectivity index (χ2v) is 3.25. The molecule has 1 aromatic heterocycles. The highest BCUT2D eigenvalue weighted by Gasteiger charge is 2.17. The number of hydrogen-bond donors (Lipinski definition) is 0. The van der Waals surface area contributed by atoms with Crippen LogP contribution in [-0.4, -0.2) is 4.98 Å². The molecule has 1 aromatic carbocycles. The van der Waals surface area contributed by atoms with Gasteiger partial charge >= 0.3 is 0 Å². The van der Waals surface area contributed by atoms with E-state index in [2.05, 4.69) is 35.3 Å². The van der Waals surface area contributed by atoms with Crippen molar-refractivity contribution in [1.29, 1.82) is 0 Å². The molecule has 0 saturated carbocycles. The van der Waals surface area contributed by atoms with E-state index in [0.717, 1.165) is 12.1 Å². The van der Waals surface area contributed by atoms with Gasteiger partial charge in [0.1, 0.15) is 0 Å². The van der Waals surface area contributed by atoms with E-state index in [1.165, 1.54) is 16.7 Å². The van der Waals surface area contributed by atoms with Crippen LogP contribution in [0, 0.1) is 6.07 Å². The minimum absolute atomic E-state index is 0.985. The van der Waals surface area contributed by atoms with Crippen LogP contribution in [0.2, 0.25) is 0 Å². The molecular formula is C12H8N. The van der Waals surface area contributed by atoms with E-state index in [4.69, 9.17) is 0 Å². The maximum absolute atomic E-state index is 4.37. The Kier molecular flexibility index (Phi) is 1.28. The van der Waals surface area contributed by atoms with Gasteiger partial charge in [-0.25, -0.2) is 0 Å². The monoisotopic (exact) mass is 166 g/mol. The molecule has 3 rings (SSSR count). The molecule has 1 heteroatoms. The van der Waals surface area contributed by atoms with E-state index in [9.17, 15) is 0 Å². The molecular weight excluding hydrogens is 158 g/mol. The highest BCUT2D eigenvalue weighted by molar-refractivity contribution is 5.72. The van der Waals surface area contributed by atoms with Crippen LogP contribution in [0.25, 0.3) is 11.3 Å². The summed E-state index contributed by atoms with van der Waals surface area (Å²) in [5, 5.41) is 0. The molecule has 2 aromatic rings. The first-order valence-electron chi connectivity index (χ1n) is 4.39. The smallest absolute Gasteiger partial charge is 0.0746 e. The van der Waals surface area contributed by atoms with Crippen LogP contribution in [0.5, 0.6) is 0 Å². The normalized spacial score (nSPS) is 12.3. The van der Waals surface area contributed by atoms with Crippen LogP contribution in [0.15, 0.2) is 36.5 Å². The number of nitrogens with zero attached hydrogens (tertiary/aromatic N) is 1. The van der Waals surface area contributed by atoms with Crippen molar-refractivity contribution in [1.82, 2.24) is 4.98 Å². The fourth-order valence-corrected chi connectivity index (χ4v) is 1.86. The van der Waals surface area contributed by atoms with Crippen molar-refractivity contribution in [2.45, 2.75) is 6.42 Å². The summed E-state index contributed by atoms with van der Waals surface area (Å²) in [4.78, 5) is 4.37. The maximum atomic E-state index is 4.37. The van der Waals surface area contributed by atoms with Gasteiger partial charge in [0.05, 0.1) is 5.69 Å². The maximum Gasteiger partial charge on any atom is 0.0746 e. The first-order valence-corrected chi connectivity index (χ1v) is 4.39. The van der Waals surface area contributed by atoms with Gasteiger partial charge in [0, 0.05) is 18.2 Å². The molecule has 1 nitrogen and oxygen atoms in total. The second-order valence-electron chi connectivity index (χ2n) is 3.25. The number of aromatic nitrogens is 1. The summed E-state index contributed by atoms with van der Waals surface area (Å²) in [6, 6.07) is 13.5. The predicted octanol–water partition coefficient (Wildman–Crippen LogP) is 2.45. The number of hydrogen-bond acceptors (Lipinski definition) is 1. The Hall–Kier alpha value is -1.63. The summed E-state index contributed by atoms with van der Waals surface area (Å²) in [5.41, 5.74) is 4.98. The van der Waals surface area contributed by atoms with E-state index >= 15 is 0 Å². The van der Waals surface area contributed by atoms with Gasteiger partial charge in [-0.15, -0.1) is 0 Å². The average Bonchev–Trinajstić information content (AvgIpc) is 2.56. The van der Waals surface area contributed by atoms with Crippen molar-refractivity contribution in [3.05, 3.63) is 53.7 Å². The molecule has 0 spiro atoms. The zero-order valence-corrected chi connectivity index (χ0v) is 7.12. The first-order chi connectivity index (χ1) is 6.45. The van der Waals surface area contributed by atoms with Crippen molar-refractivity contribution in [2.24, 2.45) is 0 Å². The molecule has 1 heterocycles. The number of pyridine rings is 1. The Labute approximate surface area is 77.1 Å².